The highest BCUT2D eigenvalue weighted by Gasteiger charge is 2.13. The summed E-state index contributed by atoms with van der Waals surface area (Å²) in [4.78, 5) is 34.2. The minimum absolute atomic E-state index is 0.241. The van der Waals surface area contributed by atoms with Crippen molar-refractivity contribution in [2.45, 2.75) is 13.8 Å². The van der Waals surface area contributed by atoms with Gasteiger partial charge in [-0.25, -0.2) is 0 Å². The van der Waals surface area contributed by atoms with Crippen molar-refractivity contribution in [3.05, 3.63) is 42.0 Å². The van der Waals surface area contributed by atoms with Gasteiger partial charge < -0.3 is 5.32 Å². The lowest BCUT2D eigenvalue weighted by atomic mass is 10.2. The molecule has 6 heteroatoms. The zero-order chi connectivity index (χ0) is 15.7. The second-order valence-corrected chi connectivity index (χ2v) is 4.79. The maximum atomic E-state index is 11.5. The molecule has 6 nitrogen and oxygen atoms in total. The highest BCUT2D eigenvalue weighted by molar-refractivity contribution is 6.35. The first kappa shape index (κ1) is 16.4. The van der Waals surface area contributed by atoms with Gasteiger partial charge in [0, 0.05) is 12.6 Å². The zero-order valence-electron chi connectivity index (χ0n) is 12.1. The molecule has 0 unspecified atom stereocenters. The van der Waals surface area contributed by atoms with E-state index in [1.54, 1.807) is 6.08 Å². The van der Waals surface area contributed by atoms with Gasteiger partial charge >= 0.3 is 11.8 Å². The highest BCUT2D eigenvalue weighted by atomic mass is 16.2. The lowest BCUT2D eigenvalue weighted by molar-refractivity contribution is -0.140. The molecule has 0 spiro atoms. The number of benzene rings is 1. The summed E-state index contributed by atoms with van der Waals surface area (Å²) in [5.41, 5.74) is 5.03. The van der Waals surface area contributed by atoms with Gasteiger partial charge in [0.15, 0.2) is 0 Å². The van der Waals surface area contributed by atoms with Crippen LogP contribution in [-0.4, -0.2) is 24.3 Å². The molecule has 0 bridgehead atoms. The van der Waals surface area contributed by atoms with E-state index in [1.807, 2.05) is 49.6 Å². The number of rotatable bonds is 4. The largest absolute Gasteiger partial charge is 0.348 e. The molecule has 3 amide bonds. The fraction of sp³-hybridized carbons (Fsp3) is 0.267. The van der Waals surface area contributed by atoms with Gasteiger partial charge in [0.05, 0.1) is 0 Å². The first-order valence-electron chi connectivity index (χ1n) is 6.60. The Hall–Kier alpha value is -2.63. The molecule has 0 aliphatic heterocycles. The van der Waals surface area contributed by atoms with E-state index >= 15 is 0 Å². The van der Waals surface area contributed by atoms with Gasteiger partial charge in [-0.1, -0.05) is 44.2 Å². The lowest BCUT2D eigenvalue weighted by Gasteiger charge is -2.08. The number of amides is 3. The van der Waals surface area contributed by atoms with E-state index in [-0.39, 0.29) is 5.92 Å². The molecule has 0 heterocycles. The summed E-state index contributed by atoms with van der Waals surface area (Å²) in [6.07, 6.45) is 2.86. The third kappa shape index (κ3) is 6.91. The number of carbonyl (C=O) groups is 3. The molecular formula is C15H19N3O3. The van der Waals surface area contributed by atoms with Crippen molar-refractivity contribution < 1.29 is 14.4 Å². The number of carbonyl (C=O) groups excluding carboxylic acids is 3. The molecule has 0 fully saturated rings. The minimum atomic E-state index is -0.905. The fourth-order valence-electron chi connectivity index (χ4n) is 1.33. The molecular weight excluding hydrogens is 270 g/mol. The second-order valence-electron chi connectivity index (χ2n) is 4.79. The third-order valence-electron chi connectivity index (χ3n) is 2.40. The summed E-state index contributed by atoms with van der Waals surface area (Å²) in [7, 11) is 0. The van der Waals surface area contributed by atoms with Crippen molar-refractivity contribution in [2.75, 3.05) is 6.54 Å². The topological polar surface area (TPSA) is 87.3 Å². The van der Waals surface area contributed by atoms with Crippen LogP contribution >= 0.6 is 0 Å². The third-order valence-corrected chi connectivity index (χ3v) is 2.40. The van der Waals surface area contributed by atoms with Crippen LogP contribution in [0.1, 0.15) is 19.4 Å². The average molecular weight is 289 g/mol. The van der Waals surface area contributed by atoms with Crippen LogP contribution in [0.4, 0.5) is 0 Å². The minimum Gasteiger partial charge on any atom is -0.348 e. The fourth-order valence-corrected chi connectivity index (χ4v) is 1.33. The number of hydrazine groups is 1. The molecule has 1 aromatic carbocycles. The van der Waals surface area contributed by atoms with E-state index in [9.17, 15) is 14.4 Å². The van der Waals surface area contributed by atoms with Gasteiger partial charge in [-0.15, -0.1) is 0 Å². The van der Waals surface area contributed by atoms with Gasteiger partial charge in [-0.05, 0) is 17.6 Å². The Morgan fingerprint density at radius 3 is 2.33 bits per heavy atom. The van der Waals surface area contributed by atoms with E-state index in [0.717, 1.165) is 5.56 Å². The van der Waals surface area contributed by atoms with Crippen LogP contribution in [0, 0.1) is 5.92 Å². The molecule has 0 radical (unpaired) electrons. The number of hydrogen-bond acceptors (Lipinski definition) is 3. The van der Waals surface area contributed by atoms with Crippen LogP contribution < -0.4 is 16.2 Å². The van der Waals surface area contributed by atoms with E-state index in [2.05, 4.69) is 10.7 Å². The highest BCUT2D eigenvalue weighted by Crippen LogP contribution is 2.00. The van der Waals surface area contributed by atoms with Crippen LogP contribution in [0.25, 0.3) is 6.08 Å². The molecule has 1 rings (SSSR count). The quantitative estimate of drug-likeness (QED) is 0.431. The summed E-state index contributed by atoms with van der Waals surface area (Å²) in [6.45, 7) is 4.22. The maximum absolute atomic E-state index is 11.5. The van der Waals surface area contributed by atoms with E-state index in [0.29, 0.717) is 6.54 Å². The van der Waals surface area contributed by atoms with Gasteiger partial charge in [0.2, 0.25) is 0 Å². The predicted octanol–water partition coefficient (Wildman–Crippen LogP) is 0.619. The van der Waals surface area contributed by atoms with Crippen molar-refractivity contribution in [2.24, 2.45) is 5.92 Å². The summed E-state index contributed by atoms with van der Waals surface area (Å²) < 4.78 is 0. The van der Waals surface area contributed by atoms with Crippen LogP contribution in [0.3, 0.4) is 0 Å². The maximum Gasteiger partial charge on any atom is 0.327 e. The van der Waals surface area contributed by atoms with Crippen LogP contribution in [-0.2, 0) is 14.4 Å². The number of nitrogens with one attached hydrogen (secondary N) is 3. The van der Waals surface area contributed by atoms with E-state index in [4.69, 9.17) is 0 Å². The molecule has 0 saturated carbocycles. The van der Waals surface area contributed by atoms with Crippen molar-refractivity contribution in [3.63, 3.8) is 0 Å². The van der Waals surface area contributed by atoms with E-state index < -0.39 is 17.7 Å². The van der Waals surface area contributed by atoms with Crippen LogP contribution in [0.15, 0.2) is 36.4 Å². The van der Waals surface area contributed by atoms with Crippen molar-refractivity contribution in [1.82, 2.24) is 16.2 Å². The average Bonchev–Trinajstić information content (AvgIpc) is 2.49. The molecule has 1 aromatic rings. The van der Waals surface area contributed by atoms with Gasteiger partial charge in [0.25, 0.3) is 5.91 Å². The Kier molecular flexibility index (Phi) is 6.67. The lowest BCUT2D eigenvalue weighted by Crippen LogP contribution is -2.48. The molecule has 21 heavy (non-hydrogen) atoms. The monoisotopic (exact) mass is 289 g/mol. The van der Waals surface area contributed by atoms with Gasteiger partial charge in [-0.2, -0.15) is 0 Å². The molecule has 0 saturated heterocycles. The normalized spacial score (nSPS) is 10.4. The van der Waals surface area contributed by atoms with Crippen molar-refractivity contribution >= 4 is 23.8 Å². The summed E-state index contributed by atoms with van der Waals surface area (Å²) in [6, 6.07) is 9.23. The van der Waals surface area contributed by atoms with Gasteiger partial charge in [-0.3, -0.25) is 25.2 Å². The van der Waals surface area contributed by atoms with Crippen LogP contribution in [0.5, 0.6) is 0 Å². The predicted molar refractivity (Wildman–Crippen MR) is 79.6 cm³/mol. The SMILES string of the molecule is CC(C)CNC(=O)C(=O)NNC(=O)C=Cc1ccccc1. The van der Waals surface area contributed by atoms with Crippen molar-refractivity contribution in [1.29, 1.82) is 0 Å². The summed E-state index contributed by atoms with van der Waals surface area (Å²) >= 11 is 0. The molecule has 0 atom stereocenters. The Bertz CT molecular complexity index is 524. The number of hydrogen-bond donors (Lipinski definition) is 3. The molecule has 0 aromatic heterocycles. The Morgan fingerprint density at radius 2 is 1.71 bits per heavy atom. The Morgan fingerprint density at radius 1 is 1.05 bits per heavy atom. The van der Waals surface area contributed by atoms with Gasteiger partial charge in [0.1, 0.15) is 0 Å². The second kappa shape index (κ2) is 8.52. The standard InChI is InChI=1S/C15H19N3O3/c1-11(2)10-16-14(20)15(21)18-17-13(19)9-8-12-6-4-3-5-7-12/h3-9,11H,10H2,1-2H3,(H,16,20)(H,17,19)(H,18,21). The summed E-state index contributed by atoms with van der Waals surface area (Å²) in [5.74, 6) is -1.97. The first-order valence-corrected chi connectivity index (χ1v) is 6.60. The Labute approximate surface area is 123 Å². The first-order chi connectivity index (χ1) is 9.99. The van der Waals surface area contributed by atoms with Crippen molar-refractivity contribution in [3.8, 4) is 0 Å². The smallest absolute Gasteiger partial charge is 0.327 e. The molecule has 112 valence electrons. The molecule has 0 aliphatic carbocycles. The zero-order valence-corrected chi connectivity index (χ0v) is 12.1. The van der Waals surface area contributed by atoms with Crippen LogP contribution in [0.2, 0.25) is 0 Å². The Balaban J connectivity index is 2.34. The summed E-state index contributed by atoms with van der Waals surface area (Å²) in [5, 5.41) is 2.44. The molecule has 0 aliphatic rings. The van der Waals surface area contributed by atoms with E-state index in [1.165, 1.54) is 6.08 Å². The molecule has 3 N–H and O–H groups in total.